The Kier molecular flexibility index (Phi) is 4.56. The van der Waals surface area contributed by atoms with E-state index in [9.17, 15) is 0 Å². The molecule has 1 fully saturated rings. The molecule has 2 aromatic heterocycles. The van der Waals surface area contributed by atoms with Crippen LogP contribution in [0.25, 0.3) is 11.4 Å². The van der Waals surface area contributed by atoms with Crippen LogP contribution in [0.1, 0.15) is 17.7 Å². The van der Waals surface area contributed by atoms with Crippen molar-refractivity contribution < 1.29 is 4.42 Å². The van der Waals surface area contributed by atoms with Crippen molar-refractivity contribution in [2.75, 3.05) is 5.75 Å². The van der Waals surface area contributed by atoms with E-state index in [1.54, 1.807) is 18.0 Å². The number of aromatic nitrogens is 3. The third kappa shape index (κ3) is 3.59. The number of hydrogen-bond acceptors (Lipinski definition) is 4. The molecule has 0 spiro atoms. The molecule has 0 bridgehead atoms. The molecular formula is C18H17Cl2N3OS. The molecule has 1 aromatic carbocycles. The average molecular weight is 394 g/mol. The summed E-state index contributed by atoms with van der Waals surface area (Å²) in [5, 5.41) is 9.69. The van der Waals surface area contributed by atoms with Crippen molar-refractivity contribution in [1.82, 2.24) is 14.8 Å². The fraction of sp³-hybridized carbons (Fsp3) is 0.333. The van der Waals surface area contributed by atoms with Crippen LogP contribution in [0.2, 0.25) is 0 Å². The summed E-state index contributed by atoms with van der Waals surface area (Å²) in [5.41, 5.74) is 2.16. The van der Waals surface area contributed by atoms with E-state index in [1.165, 1.54) is 5.56 Å². The second kappa shape index (κ2) is 6.71. The normalized spacial score (nSPS) is 18.4. The Bertz CT molecular complexity index is 876. The average Bonchev–Trinajstić information content (AvgIpc) is 2.91. The van der Waals surface area contributed by atoms with Gasteiger partial charge in [-0.1, -0.05) is 42.1 Å². The van der Waals surface area contributed by atoms with E-state index >= 15 is 0 Å². The lowest BCUT2D eigenvalue weighted by Gasteiger charge is -2.10. The molecule has 25 heavy (non-hydrogen) atoms. The zero-order chi connectivity index (χ0) is 17.4. The van der Waals surface area contributed by atoms with Gasteiger partial charge in [0, 0.05) is 11.7 Å². The van der Waals surface area contributed by atoms with Gasteiger partial charge in [0.15, 0.2) is 11.0 Å². The van der Waals surface area contributed by atoms with Gasteiger partial charge in [0.05, 0.1) is 18.4 Å². The Balaban J connectivity index is 1.64. The number of thioether (sulfide) groups is 1. The first-order valence-electron chi connectivity index (χ1n) is 8.07. The first-order chi connectivity index (χ1) is 12.0. The lowest BCUT2D eigenvalue weighted by molar-refractivity contribution is 0.534. The number of alkyl halides is 2. The summed E-state index contributed by atoms with van der Waals surface area (Å²) in [6.07, 6.45) is 2.52. The monoisotopic (exact) mass is 393 g/mol. The first-order valence-corrected chi connectivity index (χ1v) is 9.81. The highest BCUT2D eigenvalue weighted by atomic mass is 35.5. The molecule has 0 amide bonds. The van der Waals surface area contributed by atoms with Crippen LogP contribution < -0.4 is 0 Å². The van der Waals surface area contributed by atoms with Crippen molar-refractivity contribution in [3.8, 4) is 11.4 Å². The van der Waals surface area contributed by atoms with Gasteiger partial charge in [-0.25, -0.2) is 0 Å². The maximum atomic E-state index is 6.15. The van der Waals surface area contributed by atoms with E-state index < -0.39 is 4.33 Å². The standard InChI is InChI=1S/C18H17Cl2N3OS/c1-12-15(7-8-24-12)16-21-22-17(25-11-14-9-18(14,19)20)23(16)10-13-5-3-2-4-6-13/h2-8,14H,9-11H2,1H3. The molecule has 1 unspecified atom stereocenters. The van der Waals surface area contributed by atoms with Crippen LogP contribution in [0, 0.1) is 12.8 Å². The predicted octanol–water partition coefficient (Wildman–Crippen LogP) is 5.18. The van der Waals surface area contributed by atoms with Crippen molar-refractivity contribution >= 4 is 35.0 Å². The van der Waals surface area contributed by atoms with E-state index in [0.29, 0.717) is 12.5 Å². The summed E-state index contributed by atoms with van der Waals surface area (Å²) in [5.74, 6) is 2.80. The smallest absolute Gasteiger partial charge is 0.191 e. The van der Waals surface area contributed by atoms with Crippen molar-refractivity contribution in [3.05, 3.63) is 54.0 Å². The van der Waals surface area contributed by atoms with Crippen LogP contribution >= 0.6 is 35.0 Å². The highest BCUT2D eigenvalue weighted by molar-refractivity contribution is 7.99. The van der Waals surface area contributed by atoms with Gasteiger partial charge in [-0.3, -0.25) is 4.57 Å². The van der Waals surface area contributed by atoms with Gasteiger partial charge in [0.2, 0.25) is 0 Å². The number of halogens is 2. The van der Waals surface area contributed by atoms with Crippen LogP contribution in [0.3, 0.4) is 0 Å². The summed E-state index contributed by atoms with van der Waals surface area (Å²) < 4.78 is 7.01. The van der Waals surface area contributed by atoms with Crippen LogP contribution in [0.5, 0.6) is 0 Å². The van der Waals surface area contributed by atoms with Crippen molar-refractivity contribution in [1.29, 1.82) is 0 Å². The maximum absolute atomic E-state index is 6.15. The van der Waals surface area contributed by atoms with Gasteiger partial charge < -0.3 is 4.42 Å². The minimum atomic E-state index is -0.568. The van der Waals surface area contributed by atoms with Gasteiger partial charge in [-0.15, -0.1) is 33.4 Å². The molecule has 1 saturated carbocycles. The summed E-state index contributed by atoms with van der Waals surface area (Å²) in [6.45, 7) is 2.64. The summed E-state index contributed by atoms with van der Waals surface area (Å²) in [7, 11) is 0. The largest absolute Gasteiger partial charge is 0.469 e. The lowest BCUT2D eigenvalue weighted by atomic mass is 10.2. The zero-order valence-corrected chi connectivity index (χ0v) is 16.0. The third-order valence-electron chi connectivity index (χ3n) is 4.37. The van der Waals surface area contributed by atoms with E-state index in [4.69, 9.17) is 27.6 Å². The van der Waals surface area contributed by atoms with Crippen LogP contribution in [0.15, 0.2) is 52.2 Å². The minimum absolute atomic E-state index is 0.307. The Hall–Kier alpha value is -1.43. The summed E-state index contributed by atoms with van der Waals surface area (Å²) in [6, 6.07) is 12.2. The topological polar surface area (TPSA) is 43.9 Å². The van der Waals surface area contributed by atoms with E-state index in [1.807, 2.05) is 31.2 Å². The molecule has 4 rings (SSSR count). The van der Waals surface area contributed by atoms with Gasteiger partial charge in [0.25, 0.3) is 0 Å². The number of benzene rings is 1. The number of rotatable bonds is 6. The molecular weight excluding hydrogens is 377 g/mol. The molecule has 1 atom stereocenters. The molecule has 130 valence electrons. The fourth-order valence-electron chi connectivity index (χ4n) is 2.75. The molecule has 7 heteroatoms. The van der Waals surface area contributed by atoms with Gasteiger partial charge in [-0.2, -0.15) is 0 Å². The summed E-state index contributed by atoms with van der Waals surface area (Å²) in [4.78, 5) is 0. The molecule has 2 heterocycles. The van der Waals surface area contributed by atoms with Crippen molar-refractivity contribution in [2.24, 2.45) is 5.92 Å². The van der Waals surface area contributed by atoms with Crippen molar-refractivity contribution in [2.45, 2.75) is 29.4 Å². The Morgan fingerprint density at radius 2 is 2.00 bits per heavy atom. The van der Waals surface area contributed by atoms with Crippen LogP contribution in [-0.2, 0) is 6.54 Å². The van der Waals surface area contributed by atoms with Gasteiger partial charge in [0.1, 0.15) is 10.1 Å². The number of furan rings is 1. The molecule has 0 aliphatic heterocycles. The highest BCUT2D eigenvalue weighted by Gasteiger charge is 2.51. The number of hydrogen-bond donors (Lipinski definition) is 0. The van der Waals surface area contributed by atoms with Crippen LogP contribution in [-0.4, -0.2) is 24.9 Å². The van der Waals surface area contributed by atoms with Gasteiger partial charge >= 0.3 is 0 Å². The molecule has 4 nitrogen and oxygen atoms in total. The van der Waals surface area contributed by atoms with E-state index in [0.717, 1.165) is 34.5 Å². The quantitative estimate of drug-likeness (QED) is 0.427. The zero-order valence-electron chi connectivity index (χ0n) is 13.7. The first kappa shape index (κ1) is 17.0. The van der Waals surface area contributed by atoms with E-state index in [-0.39, 0.29) is 0 Å². The van der Waals surface area contributed by atoms with E-state index in [2.05, 4.69) is 26.9 Å². The maximum Gasteiger partial charge on any atom is 0.191 e. The molecule has 1 aliphatic carbocycles. The lowest BCUT2D eigenvalue weighted by Crippen LogP contribution is -2.05. The second-order valence-electron chi connectivity index (χ2n) is 6.24. The molecule has 0 N–H and O–H groups in total. The second-order valence-corrected chi connectivity index (χ2v) is 8.77. The predicted molar refractivity (Wildman–Crippen MR) is 101 cm³/mol. The number of aryl methyl sites for hydroxylation is 1. The fourth-order valence-corrected chi connectivity index (χ4v) is 4.61. The minimum Gasteiger partial charge on any atom is -0.469 e. The Labute approximate surface area is 160 Å². The molecule has 0 saturated heterocycles. The summed E-state index contributed by atoms with van der Waals surface area (Å²) >= 11 is 13.9. The third-order valence-corrected chi connectivity index (χ3v) is 6.42. The Morgan fingerprint density at radius 3 is 2.64 bits per heavy atom. The highest BCUT2D eigenvalue weighted by Crippen LogP contribution is 2.54. The molecule has 0 radical (unpaired) electrons. The van der Waals surface area contributed by atoms with Crippen molar-refractivity contribution in [3.63, 3.8) is 0 Å². The SMILES string of the molecule is Cc1occc1-c1nnc(SCC2CC2(Cl)Cl)n1Cc1ccccc1. The van der Waals surface area contributed by atoms with Crippen LogP contribution in [0.4, 0.5) is 0 Å². The number of nitrogens with zero attached hydrogens (tertiary/aromatic N) is 3. The Morgan fingerprint density at radius 1 is 1.24 bits per heavy atom. The van der Waals surface area contributed by atoms with Gasteiger partial charge in [-0.05, 0) is 25.0 Å². The molecule has 1 aliphatic rings. The molecule has 3 aromatic rings.